The van der Waals surface area contributed by atoms with E-state index in [2.05, 4.69) is 10.3 Å². The lowest BCUT2D eigenvalue weighted by Gasteiger charge is -2.13. The van der Waals surface area contributed by atoms with E-state index in [1.165, 1.54) is 23.0 Å². The van der Waals surface area contributed by atoms with Crippen LogP contribution in [0.3, 0.4) is 0 Å². The van der Waals surface area contributed by atoms with Gasteiger partial charge >= 0.3 is 0 Å². The zero-order chi connectivity index (χ0) is 16.2. The van der Waals surface area contributed by atoms with E-state index in [0.717, 1.165) is 0 Å². The number of carbonyl (C=O) groups is 1. The van der Waals surface area contributed by atoms with Gasteiger partial charge in [0.2, 0.25) is 0 Å². The maximum atomic E-state index is 13.1. The van der Waals surface area contributed by atoms with Crippen molar-refractivity contribution < 1.29 is 18.0 Å². The van der Waals surface area contributed by atoms with Gasteiger partial charge in [0, 0.05) is 0 Å². The summed E-state index contributed by atoms with van der Waals surface area (Å²) < 4.78 is 40.3. The first-order valence-corrected chi connectivity index (χ1v) is 6.40. The fourth-order valence-corrected chi connectivity index (χ4v) is 1.67. The van der Waals surface area contributed by atoms with E-state index >= 15 is 0 Å². The number of nitrogens with one attached hydrogen (secondary N) is 1. The lowest BCUT2D eigenvalue weighted by Crippen LogP contribution is -2.41. The SMILES string of the molecule is Cl.NCC(F)(F)CNC(=O)c1cn(Cc2cccc(F)c2)nn1. The van der Waals surface area contributed by atoms with Crippen LogP contribution < -0.4 is 11.1 Å². The summed E-state index contributed by atoms with van der Waals surface area (Å²) in [4.78, 5) is 11.7. The molecule has 23 heavy (non-hydrogen) atoms. The first-order valence-electron chi connectivity index (χ1n) is 6.40. The topological polar surface area (TPSA) is 85.8 Å². The number of carbonyl (C=O) groups excluding carboxylic acids is 1. The first-order chi connectivity index (χ1) is 10.4. The van der Waals surface area contributed by atoms with Crippen LogP contribution in [-0.4, -0.2) is 39.9 Å². The van der Waals surface area contributed by atoms with Crippen molar-refractivity contribution in [2.75, 3.05) is 13.1 Å². The Bertz CT molecular complexity index is 665. The van der Waals surface area contributed by atoms with Crippen LogP contribution in [0.5, 0.6) is 0 Å². The van der Waals surface area contributed by atoms with Crippen molar-refractivity contribution in [3.05, 3.63) is 47.5 Å². The minimum absolute atomic E-state index is 0. The molecule has 0 aliphatic carbocycles. The van der Waals surface area contributed by atoms with Gasteiger partial charge in [0.25, 0.3) is 11.8 Å². The highest BCUT2D eigenvalue weighted by Gasteiger charge is 2.27. The summed E-state index contributed by atoms with van der Waals surface area (Å²) >= 11 is 0. The Morgan fingerprint density at radius 1 is 1.39 bits per heavy atom. The third kappa shape index (κ3) is 5.53. The summed E-state index contributed by atoms with van der Waals surface area (Å²) in [6.07, 6.45) is 1.29. The molecule has 6 nitrogen and oxygen atoms in total. The fourth-order valence-electron chi connectivity index (χ4n) is 1.67. The molecule has 0 atom stereocenters. The molecule has 2 rings (SSSR count). The zero-order valence-electron chi connectivity index (χ0n) is 11.9. The van der Waals surface area contributed by atoms with Crippen LogP contribution in [0.1, 0.15) is 16.1 Å². The van der Waals surface area contributed by atoms with E-state index in [9.17, 15) is 18.0 Å². The molecule has 0 radical (unpaired) electrons. The number of nitrogens with zero attached hydrogens (tertiary/aromatic N) is 3. The van der Waals surface area contributed by atoms with Gasteiger partial charge in [0.1, 0.15) is 5.82 Å². The van der Waals surface area contributed by atoms with Crippen molar-refractivity contribution in [1.82, 2.24) is 20.3 Å². The summed E-state index contributed by atoms with van der Waals surface area (Å²) in [5, 5.41) is 9.32. The first kappa shape index (κ1) is 18.9. The third-order valence-electron chi connectivity index (χ3n) is 2.81. The average Bonchev–Trinajstić information content (AvgIpc) is 2.93. The molecular formula is C13H15ClF3N5O. The predicted octanol–water partition coefficient (Wildman–Crippen LogP) is 1.21. The average molecular weight is 350 g/mol. The van der Waals surface area contributed by atoms with Crippen LogP contribution in [0.2, 0.25) is 0 Å². The summed E-state index contributed by atoms with van der Waals surface area (Å²) in [6.45, 7) is -1.53. The lowest BCUT2D eigenvalue weighted by atomic mass is 10.2. The Hall–Kier alpha value is -2.13. The van der Waals surface area contributed by atoms with E-state index < -0.39 is 24.9 Å². The second-order valence-electron chi connectivity index (χ2n) is 4.67. The largest absolute Gasteiger partial charge is 0.344 e. The Balaban J connectivity index is 0.00000264. The highest BCUT2D eigenvalue weighted by molar-refractivity contribution is 5.91. The Labute approximate surface area is 136 Å². The van der Waals surface area contributed by atoms with Gasteiger partial charge in [-0.2, -0.15) is 0 Å². The normalized spacial score (nSPS) is 11.0. The number of hydrogen-bond donors (Lipinski definition) is 2. The minimum atomic E-state index is -3.17. The smallest absolute Gasteiger partial charge is 0.277 e. The van der Waals surface area contributed by atoms with Gasteiger partial charge in [-0.15, -0.1) is 17.5 Å². The summed E-state index contributed by atoms with van der Waals surface area (Å²) in [5.41, 5.74) is 5.39. The molecule has 0 spiro atoms. The Morgan fingerprint density at radius 3 is 2.78 bits per heavy atom. The number of alkyl halides is 2. The van der Waals surface area contributed by atoms with E-state index in [0.29, 0.717) is 5.56 Å². The number of hydrogen-bond acceptors (Lipinski definition) is 4. The van der Waals surface area contributed by atoms with Crippen LogP contribution in [0.25, 0.3) is 0 Å². The van der Waals surface area contributed by atoms with Gasteiger partial charge in [-0.3, -0.25) is 4.79 Å². The monoisotopic (exact) mass is 349 g/mol. The quantitative estimate of drug-likeness (QED) is 0.821. The summed E-state index contributed by atoms with van der Waals surface area (Å²) in [7, 11) is 0. The van der Waals surface area contributed by atoms with Crippen molar-refractivity contribution in [2.45, 2.75) is 12.5 Å². The van der Waals surface area contributed by atoms with Crippen LogP contribution in [0.15, 0.2) is 30.5 Å². The molecule has 1 aromatic heterocycles. The van der Waals surface area contributed by atoms with Crippen molar-refractivity contribution in [3.8, 4) is 0 Å². The highest BCUT2D eigenvalue weighted by Crippen LogP contribution is 2.09. The number of rotatable bonds is 6. The molecule has 2 aromatic rings. The number of benzene rings is 1. The number of nitrogens with two attached hydrogens (primary N) is 1. The molecule has 0 bridgehead atoms. The molecule has 3 N–H and O–H groups in total. The molecule has 0 saturated carbocycles. The third-order valence-corrected chi connectivity index (χ3v) is 2.81. The minimum Gasteiger partial charge on any atom is -0.344 e. The second-order valence-corrected chi connectivity index (χ2v) is 4.67. The molecule has 1 heterocycles. The Kier molecular flexibility index (Phi) is 6.52. The molecule has 0 saturated heterocycles. The van der Waals surface area contributed by atoms with E-state index in [-0.39, 0.29) is 30.5 Å². The zero-order valence-corrected chi connectivity index (χ0v) is 12.7. The molecule has 1 aromatic carbocycles. The highest BCUT2D eigenvalue weighted by atomic mass is 35.5. The van der Waals surface area contributed by atoms with Crippen molar-refractivity contribution in [3.63, 3.8) is 0 Å². The summed E-state index contributed by atoms with van der Waals surface area (Å²) in [5.74, 6) is -4.34. The van der Waals surface area contributed by atoms with Crippen LogP contribution in [0.4, 0.5) is 13.2 Å². The van der Waals surface area contributed by atoms with Crippen molar-refractivity contribution in [1.29, 1.82) is 0 Å². The molecule has 0 fully saturated rings. The van der Waals surface area contributed by atoms with Gasteiger partial charge in [-0.05, 0) is 17.7 Å². The van der Waals surface area contributed by atoms with Crippen molar-refractivity contribution in [2.24, 2.45) is 5.73 Å². The molecule has 0 unspecified atom stereocenters. The van der Waals surface area contributed by atoms with E-state index in [1.54, 1.807) is 12.1 Å². The summed E-state index contributed by atoms with van der Waals surface area (Å²) in [6, 6.07) is 5.86. The van der Waals surface area contributed by atoms with E-state index in [1.807, 2.05) is 5.32 Å². The number of halogens is 4. The maximum Gasteiger partial charge on any atom is 0.277 e. The van der Waals surface area contributed by atoms with Gasteiger partial charge in [0.15, 0.2) is 5.69 Å². The molecule has 0 aliphatic heterocycles. The molecule has 0 aliphatic rings. The molecular weight excluding hydrogens is 335 g/mol. The fraction of sp³-hybridized carbons (Fsp3) is 0.308. The number of aromatic nitrogens is 3. The van der Waals surface area contributed by atoms with Crippen LogP contribution in [-0.2, 0) is 6.54 Å². The van der Waals surface area contributed by atoms with Crippen molar-refractivity contribution >= 4 is 18.3 Å². The second kappa shape index (κ2) is 7.93. The standard InChI is InChI=1S/C13H14F3N5O.ClH/c14-10-3-1-2-9(4-10)5-21-6-11(19-20-21)12(22)18-8-13(15,16)7-17;/h1-4,6H,5,7-8,17H2,(H,18,22);1H. The molecule has 1 amide bonds. The van der Waals surface area contributed by atoms with Gasteiger partial charge in [-0.1, -0.05) is 17.3 Å². The van der Waals surface area contributed by atoms with Gasteiger partial charge in [-0.25, -0.2) is 17.9 Å². The van der Waals surface area contributed by atoms with Crippen LogP contribution >= 0.6 is 12.4 Å². The Morgan fingerprint density at radius 2 is 2.13 bits per heavy atom. The van der Waals surface area contributed by atoms with Crippen LogP contribution in [0, 0.1) is 5.82 Å². The van der Waals surface area contributed by atoms with E-state index in [4.69, 9.17) is 5.73 Å². The predicted molar refractivity (Wildman–Crippen MR) is 79.1 cm³/mol. The lowest BCUT2D eigenvalue weighted by molar-refractivity contribution is 0.0118. The number of amides is 1. The van der Waals surface area contributed by atoms with Gasteiger partial charge in [0.05, 0.1) is 25.8 Å². The molecule has 10 heteroatoms. The maximum absolute atomic E-state index is 13.1. The molecule has 126 valence electrons. The van der Waals surface area contributed by atoms with Gasteiger partial charge < -0.3 is 11.1 Å².